The second-order valence-corrected chi connectivity index (χ2v) is 7.21. The Kier molecular flexibility index (Phi) is 9.57. The molecule has 1 aliphatic heterocycles. The van der Waals surface area contributed by atoms with Gasteiger partial charge in [0.2, 0.25) is 12.0 Å². The van der Waals surface area contributed by atoms with Crippen molar-refractivity contribution >= 4 is 23.0 Å². The lowest BCUT2D eigenvalue weighted by Gasteiger charge is -2.29. The van der Waals surface area contributed by atoms with Crippen LogP contribution in [0.15, 0.2) is 59.6 Å². The van der Waals surface area contributed by atoms with Crippen LogP contribution in [0.25, 0.3) is 0 Å². The van der Waals surface area contributed by atoms with Gasteiger partial charge in [-0.3, -0.25) is 4.79 Å². The number of anilines is 2. The zero-order valence-corrected chi connectivity index (χ0v) is 21.1. The molecule has 5 nitrogen and oxygen atoms in total. The number of rotatable bonds is 3. The molecule has 3 aromatic rings. The van der Waals surface area contributed by atoms with Crippen LogP contribution in [0.4, 0.5) is 24.5 Å². The molecule has 0 radical (unpaired) electrons. The van der Waals surface area contributed by atoms with Crippen molar-refractivity contribution in [3.63, 3.8) is 0 Å². The topological polar surface area (TPSA) is 48.8 Å². The second kappa shape index (κ2) is 12.1. The van der Waals surface area contributed by atoms with E-state index >= 15 is 0 Å². The molecule has 0 saturated heterocycles. The van der Waals surface area contributed by atoms with Crippen molar-refractivity contribution in [2.75, 3.05) is 23.9 Å². The molecule has 1 aromatic heterocycles. The van der Waals surface area contributed by atoms with E-state index in [0.29, 0.717) is 17.0 Å². The van der Waals surface area contributed by atoms with Gasteiger partial charge in [0.1, 0.15) is 5.69 Å². The molecule has 2 aromatic carbocycles. The fraction of sp³-hybridized carbons (Fsp3) is 0.296. The van der Waals surface area contributed by atoms with Gasteiger partial charge in [0.25, 0.3) is 11.9 Å². The van der Waals surface area contributed by atoms with E-state index in [1.165, 1.54) is 18.9 Å². The molecule has 1 atom stereocenters. The molecule has 0 aliphatic carbocycles. The Labute approximate surface area is 204 Å². The van der Waals surface area contributed by atoms with E-state index < -0.39 is 35.3 Å². The van der Waals surface area contributed by atoms with Gasteiger partial charge in [-0.1, -0.05) is 76.2 Å². The number of amides is 1. The lowest BCUT2D eigenvalue weighted by atomic mass is 10.0. The summed E-state index contributed by atoms with van der Waals surface area (Å²) in [4.78, 5) is 23.6. The van der Waals surface area contributed by atoms with Crippen LogP contribution in [0.3, 0.4) is 0 Å². The van der Waals surface area contributed by atoms with E-state index in [-0.39, 0.29) is 5.69 Å². The highest BCUT2D eigenvalue weighted by Crippen LogP contribution is 2.32. The summed E-state index contributed by atoms with van der Waals surface area (Å²) in [5, 5.41) is 0. The summed E-state index contributed by atoms with van der Waals surface area (Å²) in [6.45, 7) is 9.23. The van der Waals surface area contributed by atoms with Gasteiger partial charge in [-0.25, -0.2) is 14.4 Å². The summed E-state index contributed by atoms with van der Waals surface area (Å²) in [7, 11) is 2.87. The summed E-state index contributed by atoms with van der Waals surface area (Å²) < 4.78 is 43.3. The van der Waals surface area contributed by atoms with Crippen molar-refractivity contribution < 1.29 is 18.0 Å². The fourth-order valence-electron chi connectivity index (χ4n) is 3.63. The summed E-state index contributed by atoms with van der Waals surface area (Å²) in [5.41, 5.74) is 1.50. The van der Waals surface area contributed by atoms with Gasteiger partial charge in [0, 0.05) is 25.2 Å². The molecule has 8 heteroatoms. The lowest BCUT2D eigenvalue weighted by Crippen LogP contribution is -2.45. The average molecular weight is 485 g/mol. The summed E-state index contributed by atoms with van der Waals surface area (Å²) in [5.74, 6) is -4.48. The maximum absolute atomic E-state index is 14.8. The second-order valence-electron chi connectivity index (χ2n) is 7.21. The molecule has 4 rings (SSSR count). The first-order valence-electron chi connectivity index (χ1n) is 11.6. The summed E-state index contributed by atoms with van der Waals surface area (Å²) in [6, 6.07) is 16.4. The molecule has 0 saturated carbocycles. The zero-order chi connectivity index (χ0) is 26.3. The molecule has 1 amide bonds. The summed E-state index contributed by atoms with van der Waals surface area (Å²) in [6.07, 6.45) is -1.34. The van der Waals surface area contributed by atoms with Crippen LogP contribution in [-0.4, -0.2) is 36.9 Å². The van der Waals surface area contributed by atoms with Crippen LogP contribution in [0, 0.1) is 24.5 Å². The van der Waals surface area contributed by atoms with Gasteiger partial charge in [-0.2, -0.15) is 8.78 Å². The number of benzene rings is 2. The van der Waals surface area contributed by atoms with Crippen LogP contribution in [0.5, 0.6) is 0 Å². The number of hydrogen-bond acceptors (Lipinski definition) is 4. The third-order valence-electron chi connectivity index (χ3n) is 5.27. The van der Waals surface area contributed by atoms with Crippen molar-refractivity contribution in [3.8, 4) is 0 Å². The first-order valence-corrected chi connectivity index (χ1v) is 11.6. The van der Waals surface area contributed by atoms with Crippen LogP contribution in [0.1, 0.15) is 44.5 Å². The molecule has 1 unspecified atom stereocenters. The molecule has 0 N–H and O–H groups in total. The van der Waals surface area contributed by atoms with Crippen molar-refractivity contribution in [2.24, 2.45) is 4.99 Å². The molecule has 1 aliphatic rings. The number of pyridine rings is 1. The quantitative estimate of drug-likeness (QED) is 0.420. The third-order valence-corrected chi connectivity index (χ3v) is 5.27. The Morgan fingerprint density at radius 1 is 0.886 bits per heavy atom. The number of halogens is 3. The fourth-order valence-corrected chi connectivity index (χ4v) is 3.63. The van der Waals surface area contributed by atoms with E-state index in [4.69, 9.17) is 0 Å². The van der Waals surface area contributed by atoms with E-state index in [1.807, 2.05) is 70.2 Å². The zero-order valence-electron chi connectivity index (χ0n) is 21.1. The Morgan fingerprint density at radius 3 is 2.09 bits per heavy atom. The minimum Gasteiger partial charge on any atom is -0.340 e. The number of aromatic nitrogens is 1. The number of aliphatic imine (C=N–C) groups is 1. The highest BCUT2D eigenvalue weighted by Gasteiger charge is 2.35. The van der Waals surface area contributed by atoms with Crippen LogP contribution < -0.4 is 9.80 Å². The van der Waals surface area contributed by atoms with Crippen LogP contribution in [-0.2, 0) is 4.79 Å². The number of nitrogens with zero attached hydrogens (tertiary/aromatic N) is 4. The molecule has 2 heterocycles. The molecule has 186 valence electrons. The van der Waals surface area contributed by atoms with E-state index in [1.54, 1.807) is 19.2 Å². The van der Waals surface area contributed by atoms with Crippen LogP contribution in [0.2, 0.25) is 0 Å². The van der Waals surface area contributed by atoms with Gasteiger partial charge < -0.3 is 9.80 Å². The Bertz CT molecular complexity index is 1170. The minimum absolute atomic E-state index is 0.314. The maximum atomic E-state index is 14.8. The molecular weight excluding hydrogens is 453 g/mol. The Balaban J connectivity index is 0.00000103. The number of carbonyl (C=O) groups is 1. The number of fused-ring (bicyclic) bond motifs is 1. The van der Waals surface area contributed by atoms with E-state index in [9.17, 15) is 18.0 Å². The predicted octanol–water partition coefficient (Wildman–Crippen LogP) is 6.14. The van der Waals surface area contributed by atoms with Crippen molar-refractivity contribution in [1.29, 1.82) is 0 Å². The average Bonchev–Trinajstić information content (AvgIpc) is 3.00. The summed E-state index contributed by atoms with van der Waals surface area (Å²) >= 11 is 0. The highest BCUT2D eigenvalue weighted by molar-refractivity contribution is 6.20. The predicted molar refractivity (Wildman–Crippen MR) is 136 cm³/mol. The normalized spacial score (nSPS) is 14.5. The molecule has 0 bridgehead atoms. The van der Waals surface area contributed by atoms with Gasteiger partial charge in [0.05, 0.1) is 17.1 Å². The number of aryl methyl sites for hydroxylation is 1. The van der Waals surface area contributed by atoms with Gasteiger partial charge >= 0.3 is 0 Å². The molecule has 0 fully saturated rings. The minimum atomic E-state index is -1.47. The SMILES string of the molecule is CC.CC.Cc1nc(F)c(F)c(N(C)C2N=C(c3ccccc3)c3ccccc3N(C)C2=O)c1F. The number of para-hydroxylation sites is 1. The monoisotopic (exact) mass is 484 g/mol. The maximum Gasteiger partial charge on any atom is 0.272 e. The molecular formula is C27H31F3N4O. The Hall–Kier alpha value is -3.68. The van der Waals surface area contributed by atoms with Crippen molar-refractivity contribution in [2.45, 2.75) is 40.8 Å². The number of likely N-dealkylation sites (N-methyl/N-ethyl adjacent to an activating group) is 2. The number of hydrogen-bond donors (Lipinski definition) is 0. The number of benzodiazepines with no additional fused rings is 1. The number of carbonyl (C=O) groups excluding carboxylic acids is 1. The first-order chi connectivity index (χ1) is 16.8. The highest BCUT2D eigenvalue weighted by atomic mass is 19.2. The van der Waals surface area contributed by atoms with Crippen molar-refractivity contribution in [3.05, 3.63) is 89.0 Å². The smallest absolute Gasteiger partial charge is 0.272 e. The van der Waals surface area contributed by atoms with Gasteiger partial charge in [-0.05, 0) is 13.0 Å². The molecule has 0 spiro atoms. The third kappa shape index (κ3) is 5.37. The molecule has 35 heavy (non-hydrogen) atoms. The Morgan fingerprint density at radius 2 is 1.46 bits per heavy atom. The van der Waals surface area contributed by atoms with Gasteiger partial charge in [-0.15, -0.1) is 0 Å². The first kappa shape index (κ1) is 27.6. The van der Waals surface area contributed by atoms with E-state index in [2.05, 4.69) is 9.98 Å². The van der Waals surface area contributed by atoms with Crippen LogP contribution >= 0.6 is 0 Å². The van der Waals surface area contributed by atoms with E-state index in [0.717, 1.165) is 10.5 Å². The lowest BCUT2D eigenvalue weighted by molar-refractivity contribution is -0.119. The van der Waals surface area contributed by atoms with Crippen molar-refractivity contribution in [1.82, 2.24) is 4.98 Å². The largest absolute Gasteiger partial charge is 0.340 e. The standard InChI is InChI=1S/C23H19F3N4O.2C2H6/c1-13-17(24)20(18(25)21(26)27-13)30(3)22-23(31)29(2)16-12-8-7-11-15(16)19(28-22)14-9-5-4-6-10-14;2*1-2/h4-12,22H,1-3H3;2*1-2H3. The van der Waals surface area contributed by atoms with Gasteiger partial charge in [0.15, 0.2) is 5.82 Å².